The van der Waals surface area contributed by atoms with Gasteiger partial charge in [0.15, 0.2) is 0 Å². The number of H-pyrrole nitrogens is 1. The van der Waals surface area contributed by atoms with Gasteiger partial charge in [-0.3, -0.25) is 25.2 Å². The van der Waals surface area contributed by atoms with Crippen LogP contribution in [0.4, 0.5) is 0 Å². The summed E-state index contributed by atoms with van der Waals surface area (Å²) in [6.07, 6.45) is -0.113. The molecule has 0 unspecified atom stereocenters. The minimum atomic E-state index is -0.471. The zero-order chi connectivity index (χ0) is 24.1. The number of nitrogens with one attached hydrogen (secondary N) is 3. The van der Waals surface area contributed by atoms with Gasteiger partial charge in [-0.2, -0.15) is 5.10 Å². The van der Waals surface area contributed by atoms with E-state index in [1.54, 1.807) is 60.7 Å². The van der Waals surface area contributed by atoms with Gasteiger partial charge in [-0.15, -0.1) is 0 Å². The van der Waals surface area contributed by atoms with E-state index in [-0.39, 0.29) is 12.0 Å². The van der Waals surface area contributed by atoms with Crippen molar-refractivity contribution in [2.24, 2.45) is 0 Å². The Labute approximate surface area is 199 Å². The first-order valence-electron chi connectivity index (χ1n) is 10.4. The van der Waals surface area contributed by atoms with Gasteiger partial charge in [-0.25, -0.2) is 5.10 Å². The zero-order valence-corrected chi connectivity index (χ0v) is 19.0. The molecule has 0 spiro atoms. The fourth-order valence-electron chi connectivity index (χ4n) is 3.33. The van der Waals surface area contributed by atoms with E-state index in [0.717, 1.165) is 11.1 Å². The molecule has 3 aromatic carbocycles. The van der Waals surface area contributed by atoms with Gasteiger partial charge >= 0.3 is 0 Å². The number of hydrogen-bond acceptors (Lipinski definition) is 5. The van der Waals surface area contributed by atoms with E-state index >= 15 is 0 Å². The van der Waals surface area contributed by atoms with Crippen molar-refractivity contribution in [3.05, 3.63) is 104 Å². The van der Waals surface area contributed by atoms with Gasteiger partial charge in [-0.05, 0) is 54.4 Å². The Morgan fingerprint density at radius 2 is 1.74 bits per heavy atom. The third-order valence-corrected chi connectivity index (χ3v) is 5.59. The molecule has 0 radical (unpaired) electrons. The number of hydrazine groups is 1. The maximum atomic E-state index is 12.4. The predicted octanol–water partition coefficient (Wildman–Crippen LogP) is 3.47. The van der Waals surface area contributed by atoms with Crippen molar-refractivity contribution in [1.29, 1.82) is 0 Å². The number of carbonyl (C=O) groups excluding carboxylic acids is 2. The number of benzene rings is 3. The highest BCUT2D eigenvalue weighted by Gasteiger charge is 2.12. The summed E-state index contributed by atoms with van der Waals surface area (Å²) < 4.78 is 5.76. The number of carbonyl (C=O) groups is 2. The predicted molar refractivity (Wildman–Crippen MR) is 129 cm³/mol. The van der Waals surface area contributed by atoms with Crippen LogP contribution in [0.1, 0.15) is 27.2 Å². The molecule has 8 nitrogen and oxygen atoms in total. The molecule has 172 valence electrons. The SMILES string of the molecule is Cc1cc(OCc2ccc(C(=O)NNC(=O)Cc3n[nH]c(=O)c4ccccc34)cc2)ccc1Cl. The summed E-state index contributed by atoms with van der Waals surface area (Å²) >= 11 is 6.02. The van der Waals surface area contributed by atoms with Crippen LogP contribution in [0.15, 0.2) is 71.5 Å². The largest absolute Gasteiger partial charge is 0.489 e. The summed E-state index contributed by atoms with van der Waals surface area (Å²) in [6, 6.07) is 19.1. The number of amides is 2. The summed E-state index contributed by atoms with van der Waals surface area (Å²) in [5.41, 5.74) is 7.02. The first kappa shape index (κ1) is 23.0. The van der Waals surface area contributed by atoms with Crippen LogP contribution in [0.2, 0.25) is 5.02 Å². The molecule has 0 aliphatic heterocycles. The van der Waals surface area contributed by atoms with Gasteiger partial charge in [0.2, 0.25) is 5.91 Å². The van der Waals surface area contributed by atoms with Crippen LogP contribution in [-0.4, -0.2) is 22.0 Å². The molecule has 0 fully saturated rings. The number of aromatic amines is 1. The molecule has 2 amide bonds. The molecule has 0 bridgehead atoms. The first-order chi connectivity index (χ1) is 16.4. The average Bonchev–Trinajstić information content (AvgIpc) is 2.85. The Kier molecular flexibility index (Phi) is 6.89. The highest BCUT2D eigenvalue weighted by Crippen LogP contribution is 2.22. The lowest BCUT2D eigenvalue weighted by Gasteiger charge is -2.10. The van der Waals surface area contributed by atoms with E-state index in [1.807, 2.05) is 13.0 Å². The molecule has 1 heterocycles. The normalized spacial score (nSPS) is 10.6. The second-order valence-electron chi connectivity index (χ2n) is 7.62. The highest BCUT2D eigenvalue weighted by molar-refractivity contribution is 6.31. The molecular formula is C25H21ClN4O4. The molecule has 0 saturated carbocycles. The van der Waals surface area contributed by atoms with Gasteiger partial charge in [0.05, 0.1) is 17.5 Å². The number of hydrogen-bond donors (Lipinski definition) is 3. The van der Waals surface area contributed by atoms with E-state index in [2.05, 4.69) is 21.0 Å². The molecule has 1 aromatic heterocycles. The van der Waals surface area contributed by atoms with Crippen LogP contribution in [0.5, 0.6) is 5.75 Å². The Morgan fingerprint density at radius 3 is 2.47 bits per heavy atom. The van der Waals surface area contributed by atoms with Crippen molar-refractivity contribution in [3.8, 4) is 5.75 Å². The molecule has 3 N–H and O–H groups in total. The van der Waals surface area contributed by atoms with Crippen LogP contribution in [0.25, 0.3) is 10.8 Å². The molecule has 0 saturated heterocycles. The maximum Gasteiger partial charge on any atom is 0.272 e. The number of rotatable bonds is 6. The second-order valence-corrected chi connectivity index (χ2v) is 8.03. The van der Waals surface area contributed by atoms with Crippen molar-refractivity contribution in [1.82, 2.24) is 21.0 Å². The molecule has 34 heavy (non-hydrogen) atoms. The molecule has 0 aliphatic rings. The highest BCUT2D eigenvalue weighted by atomic mass is 35.5. The third kappa shape index (κ3) is 5.41. The second kappa shape index (κ2) is 10.2. The smallest absolute Gasteiger partial charge is 0.272 e. The van der Waals surface area contributed by atoms with Gasteiger partial charge in [0, 0.05) is 16.0 Å². The quantitative estimate of drug-likeness (QED) is 0.369. The van der Waals surface area contributed by atoms with Crippen LogP contribution in [0, 0.1) is 6.92 Å². The van der Waals surface area contributed by atoms with Crippen molar-refractivity contribution in [2.75, 3.05) is 0 Å². The maximum absolute atomic E-state index is 12.4. The lowest BCUT2D eigenvalue weighted by atomic mass is 10.1. The van der Waals surface area contributed by atoms with Gasteiger partial charge in [-0.1, -0.05) is 41.9 Å². The fourth-order valence-corrected chi connectivity index (χ4v) is 3.44. The number of fused-ring (bicyclic) bond motifs is 1. The summed E-state index contributed by atoms with van der Waals surface area (Å²) in [7, 11) is 0. The minimum absolute atomic E-state index is 0.113. The molecular weight excluding hydrogens is 456 g/mol. The Hall–Kier alpha value is -4.17. The topological polar surface area (TPSA) is 113 Å². The van der Waals surface area contributed by atoms with E-state index < -0.39 is 11.8 Å². The summed E-state index contributed by atoms with van der Waals surface area (Å²) in [4.78, 5) is 36.6. The Balaban J connectivity index is 1.31. The summed E-state index contributed by atoms with van der Waals surface area (Å²) in [6.45, 7) is 2.24. The Morgan fingerprint density at radius 1 is 1.00 bits per heavy atom. The van der Waals surface area contributed by atoms with Gasteiger partial charge < -0.3 is 4.74 Å². The molecule has 0 aliphatic carbocycles. The van der Waals surface area contributed by atoms with Crippen LogP contribution in [-0.2, 0) is 17.8 Å². The van der Waals surface area contributed by atoms with Crippen molar-refractivity contribution in [2.45, 2.75) is 20.0 Å². The zero-order valence-electron chi connectivity index (χ0n) is 18.2. The summed E-state index contributed by atoms with van der Waals surface area (Å²) in [5.74, 6) is -0.231. The van der Waals surface area contributed by atoms with Gasteiger partial charge in [0.1, 0.15) is 12.4 Å². The molecule has 4 aromatic rings. The lowest BCUT2D eigenvalue weighted by molar-refractivity contribution is -0.121. The standard InChI is InChI=1S/C25H21ClN4O4/c1-15-12-18(10-11-21(15)26)34-14-16-6-8-17(9-7-16)24(32)29-28-23(31)13-22-19-4-2-3-5-20(19)25(33)30-27-22/h2-12H,13-14H2,1H3,(H,28,31)(H,29,32)(H,30,33). The third-order valence-electron chi connectivity index (χ3n) is 5.17. The van der Waals surface area contributed by atoms with E-state index in [0.29, 0.717) is 39.4 Å². The van der Waals surface area contributed by atoms with E-state index in [1.165, 1.54) is 0 Å². The summed E-state index contributed by atoms with van der Waals surface area (Å²) in [5, 5.41) is 8.05. The first-order valence-corrected chi connectivity index (χ1v) is 10.8. The van der Waals surface area contributed by atoms with E-state index in [9.17, 15) is 14.4 Å². The minimum Gasteiger partial charge on any atom is -0.489 e. The number of nitrogens with zero attached hydrogens (tertiary/aromatic N) is 1. The van der Waals surface area contributed by atoms with Crippen molar-refractivity contribution >= 4 is 34.2 Å². The average molecular weight is 477 g/mol. The van der Waals surface area contributed by atoms with E-state index in [4.69, 9.17) is 16.3 Å². The monoisotopic (exact) mass is 476 g/mol. The molecule has 9 heteroatoms. The molecule has 0 atom stereocenters. The van der Waals surface area contributed by atoms with Crippen LogP contribution < -0.4 is 21.1 Å². The lowest BCUT2D eigenvalue weighted by Crippen LogP contribution is -2.42. The Bertz CT molecular complexity index is 1420. The number of aryl methyl sites for hydroxylation is 1. The van der Waals surface area contributed by atoms with Gasteiger partial charge in [0.25, 0.3) is 11.5 Å². The van der Waals surface area contributed by atoms with Crippen molar-refractivity contribution < 1.29 is 14.3 Å². The van der Waals surface area contributed by atoms with Crippen LogP contribution >= 0.6 is 11.6 Å². The van der Waals surface area contributed by atoms with Crippen LogP contribution in [0.3, 0.4) is 0 Å². The fraction of sp³-hybridized carbons (Fsp3) is 0.120. The molecule has 4 rings (SSSR count). The number of aromatic nitrogens is 2. The number of halogens is 1. The number of ether oxygens (including phenoxy) is 1. The van der Waals surface area contributed by atoms with Crippen molar-refractivity contribution in [3.63, 3.8) is 0 Å².